The molecule has 1 aromatic heterocycles. The lowest BCUT2D eigenvalue weighted by atomic mass is 10.1. The fraction of sp³-hybridized carbons (Fsp3) is 0.500. The molecule has 0 amide bonds. The van der Waals surface area contributed by atoms with Gasteiger partial charge in [0.15, 0.2) is 0 Å². The van der Waals surface area contributed by atoms with Crippen LogP contribution in [0, 0.1) is 12.3 Å². The molecule has 1 atom stereocenters. The van der Waals surface area contributed by atoms with Crippen molar-refractivity contribution in [2.24, 2.45) is 7.05 Å². The first-order chi connectivity index (χ1) is 7.33. The van der Waals surface area contributed by atoms with Crippen LogP contribution in [0.5, 0.6) is 0 Å². The number of hydrogen-bond donors (Lipinski definition) is 0. The van der Waals surface area contributed by atoms with E-state index < -0.39 is 0 Å². The van der Waals surface area contributed by atoms with Crippen LogP contribution in [0.15, 0.2) is 18.3 Å². The smallest absolute Gasteiger partial charge is 0.0745 e. The van der Waals surface area contributed by atoms with Gasteiger partial charge >= 0.3 is 0 Å². The van der Waals surface area contributed by atoms with Crippen LogP contribution in [-0.4, -0.2) is 35.8 Å². The second-order valence-electron chi connectivity index (χ2n) is 3.81. The maximum atomic E-state index is 5.51. The van der Waals surface area contributed by atoms with E-state index in [0.717, 1.165) is 19.8 Å². The summed E-state index contributed by atoms with van der Waals surface area (Å²) in [6, 6.07) is 4.48. The predicted molar refractivity (Wildman–Crippen MR) is 59.4 cm³/mol. The van der Waals surface area contributed by atoms with Crippen molar-refractivity contribution in [3.05, 3.63) is 24.0 Å². The Kier molecular flexibility index (Phi) is 3.10. The number of terminal acetylenes is 1. The zero-order valence-corrected chi connectivity index (χ0v) is 9.02. The third-order valence-electron chi connectivity index (χ3n) is 2.86. The number of morpholine rings is 1. The monoisotopic (exact) mass is 204 g/mol. The van der Waals surface area contributed by atoms with Crippen LogP contribution in [0.1, 0.15) is 11.7 Å². The summed E-state index contributed by atoms with van der Waals surface area (Å²) >= 11 is 0. The summed E-state index contributed by atoms with van der Waals surface area (Å²) in [6.07, 6.45) is 7.43. The summed E-state index contributed by atoms with van der Waals surface area (Å²) in [5.41, 5.74) is 1.27. The summed E-state index contributed by atoms with van der Waals surface area (Å²) in [7, 11) is 2.05. The summed E-state index contributed by atoms with van der Waals surface area (Å²) in [5.74, 6) is 2.71. The molecule has 0 bridgehead atoms. The van der Waals surface area contributed by atoms with Crippen LogP contribution in [0.2, 0.25) is 0 Å². The largest absolute Gasteiger partial charge is 0.378 e. The minimum absolute atomic E-state index is 0.301. The molecule has 2 rings (SSSR count). The molecule has 3 heteroatoms. The van der Waals surface area contributed by atoms with Gasteiger partial charge in [0.05, 0.1) is 25.8 Å². The molecule has 2 heterocycles. The first-order valence-electron chi connectivity index (χ1n) is 5.19. The van der Waals surface area contributed by atoms with Crippen LogP contribution >= 0.6 is 0 Å². The molecule has 0 N–H and O–H groups in total. The van der Waals surface area contributed by atoms with E-state index in [1.807, 2.05) is 0 Å². The maximum absolute atomic E-state index is 5.51. The molecular formula is C12H16N2O. The van der Waals surface area contributed by atoms with Crippen LogP contribution in [-0.2, 0) is 11.8 Å². The number of aryl methyl sites for hydroxylation is 1. The van der Waals surface area contributed by atoms with Crippen molar-refractivity contribution < 1.29 is 4.74 Å². The summed E-state index contributed by atoms with van der Waals surface area (Å²) in [5, 5.41) is 0. The molecule has 80 valence electrons. The molecule has 1 aromatic rings. The van der Waals surface area contributed by atoms with Crippen molar-refractivity contribution in [1.29, 1.82) is 0 Å². The average Bonchev–Trinajstić information content (AvgIpc) is 2.66. The molecule has 0 radical (unpaired) electrons. The van der Waals surface area contributed by atoms with E-state index in [1.54, 1.807) is 0 Å². The standard InChI is InChI=1S/C12H16N2O/c1-3-6-14-8-9-15-10-12(14)11-5-4-7-13(11)2/h1,4-5,7,12H,6,8-10H2,2H3/t12-/m0/s1. The number of hydrogen-bond acceptors (Lipinski definition) is 2. The minimum Gasteiger partial charge on any atom is -0.378 e. The molecule has 1 aliphatic heterocycles. The van der Waals surface area contributed by atoms with Gasteiger partial charge in [-0.3, -0.25) is 4.90 Å². The Bertz CT molecular complexity index is 364. The van der Waals surface area contributed by atoms with Crippen molar-refractivity contribution in [2.45, 2.75) is 6.04 Å². The number of aromatic nitrogens is 1. The molecule has 0 saturated carbocycles. The van der Waals surface area contributed by atoms with E-state index >= 15 is 0 Å². The zero-order chi connectivity index (χ0) is 10.7. The first-order valence-corrected chi connectivity index (χ1v) is 5.19. The highest BCUT2D eigenvalue weighted by molar-refractivity contribution is 5.13. The molecule has 0 aromatic carbocycles. The lowest BCUT2D eigenvalue weighted by molar-refractivity contribution is -0.00408. The lowest BCUT2D eigenvalue weighted by Gasteiger charge is -2.34. The normalized spacial score (nSPS) is 22.5. The minimum atomic E-state index is 0.301. The van der Waals surface area contributed by atoms with E-state index in [2.05, 4.69) is 40.8 Å². The van der Waals surface area contributed by atoms with Gasteiger partial charge in [-0.1, -0.05) is 5.92 Å². The van der Waals surface area contributed by atoms with Gasteiger partial charge in [-0.05, 0) is 12.1 Å². The Hall–Kier alpha value is -1.24. The van der Waals surface area contributed by atoms with E-state index in [9.17, 15) is 0 Å². The molecule has 1 aliphatic rings. The highest BCUT2D eigenvalue weighted by Crippen LogP contribution is 2.23. The molecule has 15 heavy (non-hydrogen) atoms. The van der Waals surface area contributed by atoms with Gasteiger partial charge in [-0.15, -0.1) is 6.42 Å². The van der Waals surface area contributed by atoms with Crippen LogP contribution in [0.25, 0.3) is 0 Å². The van der Waals surface area contributed by atoms with Gasteiger partial charge < -0.3 is 9.30 Å². The van der Waals surface area contributed by atoms with Gasteiger partial charge in [0, 0.05) is 25.5 Å². The Balaban J connectivity index is 2.18. The fourth-order valence-corrected chi connectivity index (χ4v) is 2.04. The maximum Gasteiger partial charge on any atom is 0.0745 e. The van der Waals surface area contributed by atoms with Crippen molar-refractivity contribution in [3.8, 4) is 12.3 Å². The second-order valence-corrected chi connectivity index (χ2v) is 3.81. The molecule has 3 nitrogen and oxygen atoms in total. The fourth-order valence-electron chi connectivity index (χ4n) is 2.04. The average molecular weight is 204 g/mol. The first kappa shape index (κ1) is 10.3. The summed E-state index contributed by atoms with van der Waals surface area (Å²) < 4.78 is 7.64. The van der Waals surface area contributed by atoms with Crippen molar-refractivity contribution in [2.75, 3.05) is 26.3 Å². The number of rotatable bonds is 2. The second kappa shape index (κ2) is 4.52. The lowest BCUT2D eigenvalue weighted by Crippen LogP contribution is -2.40. The molecule has 0 aliphatic carbocycles. The van der Waals surface area contributed by atoms with Crippen molar-refractivity contribution in [3.63, 3.8) is 0 Å². The van der Waals surface area contributed by atoms with Crippen LogP contribution in [0.3, 0.4) is 0 Å². The van der Waals surface area contributed by atoms with Crippen molar-refractivity contribution in [1.82, 2.24) is 9.47 Å². The molecule has 0 unspecified atom stereocenters. The van der Waals surface area contributed by atoms with Gasteiger partial charge in [0.25, 0.3) is 0 Å². The molecular weight excluding hydrogens is 188 g/mol. The van der Waals surface area contributed by atoms with Gasteiger partial charge in [0.1, 0.15) is 0 Å². The summed E-state index contributed by atoms with van der Waals surface area (Å²) in [4.78, 5) is 2.29. The molecule has 1 saturated heterocycles. The highest BCUT2D eigenvalue weighted by atomic mass is 16.5. The number of ether oxygens (including phenoxy) is 1. The highest BCUT2D eigenvalue weighted by Gasteiger charge is 2.25. The predicted octanol–water partition coefficient (Wildman–Crippen LogP) is 1.03. The van der Waals surface area contributed by atoms with E-state index in [1.165, 1.54) is 5.69 Å². The third kappa shape index (κ3) is 2.06. The quantitative estimate of drug-likeness (QED) is 0.669. The topological polar surface area (TPSA) is 17.4 Å². The SMILES string of the molecule is C#CCN1CCOC[C@H]1c1cccn1C. The number of nitrogens with zero attached hydrogens (tertiary/aromatic N) is 2. The third-order valence-corrected chi connectivity index (χ3v) is 2.86. The zero-order valence-electron chi connectivity index (χ0n) is 9.02. The van der Waals surface area contributed by atoms with E-state index in [0.29, 0.717) is 12.6 Å². The van der Waals surface area contributed by atoms with E-state index in [-0.39, 0.29) is 0 Å². The Morgan fingerprint density at radius 1 is 1.67 bits per heavy atom. The van der Waals surface area contributed by atoms with Gasteiger partial charge in [-0.2, -0.15) is 0 Å². The van der Waals surface area contributed by atoms with Gasteiger partial charge in [0.2, 0.25) is 0 Å². The molecule has 0 spiro atoms. The van der Waals surface area contributed by atoms with Crippen LogP contribution in [0.4, 0.5) is 0 Å². The van der Waals surface area contributed by atoms with Crippen LogP contribution < -0.4 is 0 Å². The Morgan fingerprint density at radius 3 is 3.20 bits per heavy atom. The Morgan fingerprint density at radius 2 is 2.53 bits per heavy atom. The van der Waals surface area contributed by atoms with E-state index in [4.69, 9.17) is 11.2 Å². The van der Waals surface area contributed by atoms with Crippen molar-refractivity contribution >= 4 is 0 Å². The van der Waals surface area contributed by atoms with Gasteiger partial charge in [-0.25, -0.2) is 0 Å². The molecule has 1 fully saturated rings. The summed E-state index contributed by atoms with van der Waals surface area (Å²) in [6.45, 7) is 3.13. The Labute approximate surface area is 90.6 Å².